The van der Waals surface area contributed by atoms with Crippen LogP contribution in [-0.4, -0.2) is 32.6 Å². The standard InChI is InChI=1S/C10H11N3O2.H2O/c11-8(10(14)15)4-6-5-13-9-7(6)2-1-3-12-9;/h1-3,5,8H,4,11H2,(H,12,13)(H,14,15);1H2/t8-;/m0./s1. The number of carboxylic acids is 1. The van der Waals surface area contributed by atoms with Crippen LogP contribution in [0.5, 0.6) is 0 Å². The van der Waals surface area contributed by atoms with Gasteiger partial charge in [0.15, 0.2) is 0 Å². The molecule has 86 valence electrons. The van der Waals surface area contributed by atoms with E-state index in [2.05, 4.69) is 9.97 Å². The van der Waals surface area contributed by atoms with Crippen LogP contribution in [0.4, 0.5) is 0 Å². The third-order valence-corrected chi connectivity index (χ3v) is 2.29. The lowest BCUT2D eigenvalue weighted by Gasteiger charge is -2.04. The van der Waals surface area contributed by atoms with Crippen molar-refractivity contribution in [3.05, 3.63) is 30.1 Å². The average Bonchev–Trinajstić information content (AvgIpc) is 2.62. The Bertz CT molecular complexity index is 495. The summed E-state index contributed by atoms with van der Waals surface area (Å²) in [6.45, 7) is 0. The number of aromatic nitrogens is 2. The van der Waals surface area contributed by atoms with Crippen molar-refractivity contribution in [2.24, 2.45) is 5.73 Å². The summed E-state index contributed by atoms with van der Waals surface area (Å²) < 4.78 is 0. The van der Waals surface area contributed by atoms with Crippen LogP contribution >= 0.6 is 0 Å². The Morgan fingerprint density at radius 1 is 1.62 bits per heavy atom. The molecule has 2 aromatic heterocycles. The van der Waals surface area contributed by atoms with E-state index in [1.54, 1.807) is 12.4 Å². The summed E-state index contributed by atoms with van der Waals surface area (Å²) in [5, 5.41) is 9.63. The monoisotopic (exact) mass is 223 g/mol. The highest BCUT2D eigenvalue weighted by molar-refractivity contribution is 5.81. The maximum atomic E-state index is 10.6. The van der Waals surface area contributed by atoms with Crippen LogP contribution in [0.15, 0.2) is 24.5 Å². The average molecular weight is 223 g/mol. The van der Waals surface area contributed by atoms with Crippen LogP contribution in [-0.2, 0) is 11.2 Å². The Morgan fingerprint density at radius 3 is 3.06 bits per heavy atom. The van der Waals surface area contributed by atoms with E-state index in [-0.39, 0.29) is 5.48 Å². The molecule has 0 aliphatic carbocycles. The fourth-order valence-electron chi connectivity index (χ4n) is 1.51. The number of hydrogen-bond acceptors (Lipinski definition) is 3. The van der Waals surface area contributed by atoms with Crippen molar-refractivity contribution in [1.29, 1.82) is 0 Å². The normalized spacial score (nSPS) is 12.1. The third-order valence-electron chi connectivity index (χ3n) is 2.29. The van der Waals surface area contributed by atoms with Gasteiger partial charge in [-0.3, -0.25) is 4.79 Å². The number of carbonyl (C=O) groups is 1. The number of H-pyrrole nitrogens is 1. The quantitative estimate of drug-likeness (QED) is 0.660. The molecule has 2 rings (SSSR count). The first-order chi connectivity index (χ1) is 7.18. The number of rotatable bonds is 3. The van der Waals surface area contributed by atoms with Gasteiger partial charge in [-0.05, 0) is 17.7 Å². The molecule has 0 radical (unpaired) electrons. The molecule has 0 aromatic carbocycles. The molecule has 0 spiro atoms. The van der Waals surface area contributed by atoms with E-state index in [1.807, 2.05) is 12.1 Å². The molecule has 0 amide bonds. The van der Waals surface area contributed by atoms with Crippen molar-refractivity contribution < 1.29 is 15.4 Å². The molecular weight excluding hydrogens is 210 g/mol. The van der Waals surface area contributed by atoms with Crippen molar-refractivity contribution in [2.45, 2.75) is 12.5 Å². The Balaban J connectivity index is 0.00000128. The summed E-state index contributed by atoms with van der Waals surface area (Å²) in [7, 11) is 0. The van der Waals surface area contributed by atoms with Gasteiger partial charge < -0.3 is 21.3 Å². The lowest BCUT2D eigenvalue weighted by molar-refractivity contribution is -0.138. The highest BCUT2D eigenvalue weighted by Crippen LogP contribution is 2.16. The van der Waals surface area contributed by atoms with E-state index in [9.17, 15) is 4.79 Å². The van der Waals surface area contributed by atoms with Gasteiger partial charge in [0, 0.05) is 24.2 Å². The summed E-state index contributed by atoms with van der Waals surface area (Å²) in [6.07, 6.45) is 3.74. The summed E-state index contributed by atoms with van der Waals surface area (Å²) in [4.78, 5) is 17.7. The number of pyridine rings is 1. The Hall–Kier alpha value is -1.92. The van der Waals surface area contributed by atoms with Gasteiger partial charge >= 0.3 is 5.97 Å². The Kier molecular flexibility index (Phi) is 3.60. The highest BCUT2D eigenvalue weighted by Gasteiger charge is 2.14. The van der Waals surface area contributed by atoms with Gasteiger partial charge in [0.25, 0.3) is 0 Å². The van der Waals surface area contributed by atoms with Gasteiger partial charge in [-0.2, -0.15) is 0 Å². The number of aromatic amines is 1. The minimum absolute atomic E-state index is 0. The van der Waals surface area contributed by atoms with Crippen LogP contribution in [0.1, 0.15) is 5.56 Å². The zero-order valence-electron chi connectivity index (χ0n) is 8.47. The molecule has 1 atom stereocenters. The number of nitrogens with zero attached hydrogens (tertiary/aromatic N) is 1. The summed E-state index contributed by atoms with van der Waals surface area (Å²) >= 11 is 0. The Morgan fingerprint density at radius 2 is 2.38 bits per heavy atom. The van der Waals surface area contributed by atoms with E-state index in [0.29, 0.717) is 6.42 Å². The van der Waals surface area contributed by atoms with Gasteiger partial charge in [0.2, 0.25) is 0 Å². The first kappa shape index (κ1) is 12.2. The second kappa shape index (κ2) is 4.73. The molecule has 0 aliphatic heterocycles. The maximum absolute atomic E-state index is 10.6. The van der Waals surface area contributed by atoms with E-state index < -0.39 is 12.0 Å². The second-order valence-electron chi connectivity index (χ2n) is 3.36. The zero-order chi connectivity index (χ0) is 10.8. The maximum Gasteiger partial charge on any atom is 0.320 e. The summed E-state index contributed by atoms with van der Waals surface area (Å²) in [5.41, 5.74) is 7.10. The molecule has 0 unspecified atom stereocenters. The van der Waals surface area contributed by atoms with Crippen LogP contribution in [0.25, 0.3) is 11.0 Å². The molecule has 0 aliphatic rings. The first-order valence-corrected chi connectivity index (χ1v) is 4.58. The number of hydrogen-bond donors (Lipinski definition) is 3. The minimum atomic E-state index is -0.992. The van der Waals surface area contributed by atoms with Gasteiger partial charge in [0.05, 0.1) is 0 Å². The SMILES string of the molecule is N[C@@H](Cc1c[nH]c2ncccc12)C(=O)O.O. The Labute approximate surface area is 91.4 Å². The molecular formula is C10H13N3O3. The van der Waals surface area contributed by atoms with Gasteiger partial charge in [-0.15, -0.1) is 0 Å². The molecule has 6 N–H and O–H groups in total. The number of carboxylic acid groups (broad SMARTS) is 1. The minimum Gasteiger partial charge on any atom is -0.480 e. The molecule has 16 heavy (non-hydrogen) atoms. The molecule has 2 aromatic rings. The molecule has 0 saturated carbocycles. The van der Waals surface area contributed by atoms with Crippen LogP contribution in [0, 0.1) is 0 Å². The third kappa shape index (κ3) is 2.18. The van der Waals surface area contributed by atoms with Crippen molar-refractivity contribution in [1.82, 2.24) is 9.97 Å². The van der Waals surface area contributed by atoms with E-state index >= 15 is 0 Å². The molecule has 6 nitrogen and oxygen atoms in total. The zero-order valence-corrected chi connectivity index (χ0v) is 8.47. The van der Waals surface area contributed by atoms with Crippen molar-refractivity contribution in [3.8, 4) is 0 Å². The van der Waals surface area contributed by atoms with Crippen LogP contribution < -0.4 is 5.73 Å². The summed E-state index contributed by atoms with van der Waals surface area (Å²) in [6, 6.07) is 2.83. The van der Waals surface area contributed by atoms with E-state index in [4.69, 9.17) is 10.8 Å². The van der Waals surface area contributed by atoms with Gasteiger partial charge in [-0.25, -0.2) is 4.98 Å². The van der Waals surface area contributed by atoms with E-state index in [1.165, 1.54) is 0 Å². The fourth-order valence-corrected chi connectivity index (χ4v) is 1.51. The molecule has 0 fully saturated rings. The molecule has 6 heteroatoms. The van der Waals surface area contributed by atoms with Crippen molar-refractivity contribution >= 4 is 17.0 Å². The predicted molar refractivity (Wildman–Crippen MR) is 59.0 cm³/mol. The van der Waals surface area contributed by atoms with Gasteiger partial charge in [-0.1, -0.05) is 0 Å². The van der Waals surface area contributed by atoms with Crippen molar-refractivity contribution in [2.75, 3.05) is 0 Å². The largest absolute Gasteiger partial charge is 0.480 e. The second-order valence-corrected chi connectivity index (χ2v) is 3.36. The number of aliphatic carboxylic acids is 1. The number of nitrogens with one attached hydrogen (secondary N) is 1. The number of fused-ring (bicyclic) bond motifs is 1. The lowest BCUT2D eigenvalue weighted by Crippen LogP contribution is -2.32. The number of nitrogens with two attached hydrogens (primary N) is 1. The van der Waals surface area contributed by atoms with Gasteiger partial charge in [0.1, 0.15) is 11.7 Å². The van der Waals surface area contributed by atoms with Crippen LogP contribution in [0.3, 0.4) is 0 Å². The lowest BCUT2D eigenvalue weighted by atomic mass is 10.1. The topological polar surface area (TPSA) is 124 Å². The smallest absolute Gasteiger partial charge is 0.320 e. The van der Waals surface area contributed by atoms with Crippen molar-refractivity contribution in [3.63, 3.8) is 0 Å². The first-order valence-electron chi connectivity index (χ1n) is 4.58. The highest BCUT2D eigenvalue weighted by atomic mass is 16.4. The summed E-state index contributed by atoms with van der Waals surface area (Å²) in [5.74, 6) is -0.992. The van der Waals surface area contributed by atoms with Crippen LogP contribution in [0.2, 0.25) is 0 Å². The molecule has 0 bridgehead atoms. The van der Waals surface area contributed by atoms with E-state index in [0.717, 1.165) is 16.6 Å². The predicted octanol–water partition coefficient (Wildman–Crippen LogP) is -0.307. The fraction of sp³-hybridized carbons (Fsp3) is 0.200. The molecule has 0 saturated heterocycles. The molecule has 2 heterocycles.